The van der Waals surface area contributed by atoms with Gasteiger partial charge in [0.25, 0.3) is 0 Å². The van der Waals surface area contributed by atoms with Crippen molar-refractivity contribution in [3.05, 3.63) is 0 Å². The highest BCUT2D eigenvalue weighted by Gasteiger charge is 2.33. The van der Waals surface area contributed by atoms with Gasteiger partial charge in [-0.15, -0.1) is 5.10 Å². The highest BCUT2D eigenvalue weighted by atomic mass is 32.2. The van der Waals surface area contributed by atoms with Crippen LogP contribution in [0.25, 0.3) is 0 Å². The van der Waals surface area contributed by atoms with Crippen molar-refractivity contribution < 1.29 is 14.6 Å². The van der Waals surface area contributed by atoms with Crippen LogP contribution in [0.15, 0.2) is 5.16 Å². The number of nitrogens with zero attached hydrogens (tertiary/aromatic N) is 4. The summed E-state index contributed by atoms with van der Waals surface area (Å²) in [6, 6.07) is 0.334. The minimum Gasteiger partial charge on any atom is -0.467 e. The zero-order valence-electron chi connectivity index (χ0n) is 11.1. The summed E-state index contributed by atoms with van der Waals surface area (Å²) in [4.78, 5) is 11.4. The molecule has 1 aromatic heterocycles. The summed E-state index contributed by atoms with van der Waals surface area (Å²) in [5, 5.41) is 22.2. The number of hydrogen-bond donors (Lipinski definition) is 1. The smallest absolute Gasteiger partial charge is 0.338 e. The van der Waals surface area contributed by atoms with Crippen LogP contribution in [0.2, 0.25) is 0 Å². The van der Waals surface area contributed by atoms with Crippen molar-refractivity contribution in [1.82, 2.24) is 20.2 Å². The number of rotatable bonds is 5. The van der Waals surface area contributed by atoms with Crippen molar-refractivity contribution in [2.24, 2.45) is 0 Å². The predicted molar refractivity (Wildman–Crippen MR) is 68.7 cm³/mol. The van der Waals surface area contributed by atoms with Crippen LogP contribution in [0.3, 0.4) is 0 Å². The SMILES string of the molecule is COC(=O)C(C)(O)CSc1nnnn1C1CCCC1. The Balaban J connectivity index is 2.00. The highest BCUT2D eigenvalue weighted by Crippen LogP contribution is 2.32. The lowest BCUT2D eigenvalue weighted by atomic mass is 10.1. The van der Waals surface area contributed by atoms with Crippen LogP contribution in [0.4, 0.5) is 0 Å². The van der Waals surface area contributed by atoms with Crippen molar-refractivity contribution in [2.45, 2.75) is 49.4 Å². The maximum atomic E-state index is 11.4. The fourth-order valence-electron chi connectivity index (χ4n) is 2.14. The lowest BCUT2D eigenvalue weighted by Crippen LogP contribution is -2.38. The third-order valence-corrected chi connectivity index (χ3v) is 4.47. The van der Waals surface area contributed by atoms with Crippen LogP contribution in [0.5, 0.6) is 0 Å². The summed E-state index contributed by atoms with van der Waals surface area (Å²) in [5.41, 5.74) is -1.54. The molecule has 0 bridgehead atoms. The third-order valence-electron chi connectivity index (χ3n) is 3.24. The van der Waals surface area contributed by atoms with Crippen molar-refractivity contribution in [3.8, 4) is 0 Å². The number of hydrogen-bond acceptors (Lipinski definition) is 7. The summed E-state index contributed by atoms with van der Waals surface area (Å²) in [7, 11) is 1.25. The van der Waals surface area contributed by atoms with Crippen LogP contribution in [0.1, 0.15) is 38.6 Å². The monoisotopic (exact) mass is 286 g/mol. The molecule has 1 unspecified atom stereocenters. The molecule has 0 amide bonds. The second kappa shape index (κ2) is 5.87. The molecule has 19 heavy (non-hydrogen) atoms. The zero-order valence-corrected chi connectivity index (χ0v) is 11.9. The lowest BCUT2D eigenvalue weighted by Gasteiger charge is -2.19. The minimum absolute atomic E-state index is 0.159. The molecule has 1 atom stereocenters. The second-order valence-corrected chi connectivity index (χ2v) is 5.84. The van der Waals surface area contributed by atoms with Crippen molar-refractivity contribution in [2.75, 3.05) is 12.9 Å². The van der Waals surface area contributed by atoms with E-state index in [1.807, 2.05) is 0 Å². The van der Waals surface area contributed by atoms with Gasteiger partial charge in [0.05, 0.1) is 13.2 Å². The maximum Gasteiger partial charge on any atom is 0.338 e. The number of tetrazole rings is 1. The van der Waals surface area contributed by atoms with Crippen LogP contribution in [0, 0.1) is 0 Å². The molecular formula is C11H18N4O3S. The molecule has 0 spiro atoms. The van der Waals surface area contributed by atoms with Crippen LogP contribution in [-0.4, -0.2) is 49.7 Å². The fraction of sp³-hybridized carbons (Fsp3) is 0.818. The summed E-state index contributed by atoms with van der Waals surface area (Å²) >= 11 is 1.27. The van der Waals surface area contributed by atoms with Crippen LogP contribution >= 0.6 is 11.8 Å². The second-order valence-electron chi connectivity index (χ2n) is 4.90. The number of thioether (sulfide) groups is 1. The van der Waals surface area contributed by atoms with E-state index in [1.54, 1.807) is 4.68 Å². The minimum atomic E-state index is -1.54. The summed E-state index contributed by atoms with van der Waals surface area (Å²) in [6.07, 6.45) is 4.53. The Bertz CT molecular complexity index is 443. The predicted octanol–water partition coefficient (Wildman–Crippen LogP) is 0.804. The average molecular weight is 286 g/mol. The van der Waals surface area contributed by atoms with E-state index in [1.165, 1.54) is 38.6 Å². The first kappa shape index (κ1) is 14.3. The quantitative estimate of drug-likeness (QED) is 0.632. The van der Waals surface area contributed by atoms with Crippen molar-refractivity contribution in [3.63, 3.8) is 0 Å². The Morgan fingerprint density at radius 2 is 2.26 bits per heavy atom. The van der Waals surface area contributed by atoms with Gasteiger partial charge in [-0.1, -0.05) is 24.6 Å². The Labute approximate surface area is 115 Å². The summed E-state index contributed by atoms with van der Waals surface area (Å²) < 4.78 is 6.35. The molecule has 7 nitrogen and oxygen atoms in total. The largest absolute Gasteiger partial charge is 0.467 e. The first-order chi connectivity index (χ1) is 9.04. The van der Waals surface area contributed by atoms with Gasteiger partial charge in [0.15, 0.2) is 5.60 Å². The lowest BCUT2D eigenvalue weighted by molar-refractivity contribution is -0.158. The highest BCUT2D eigenvalue weighted by molar-refractivity contribution is 7.99. The van der Waals surface area contributed by atoms with Crippen LogP contribution in [-0.2, 0) is 9.53 Å². The Kier molecular flexibility index (Phi) is 4.41. The van der Waals surface area contributed by atoms with Gasteiger partial charge in [0.2, 0.25) is 5.16 Å². The number of ether oxygens (including phenoxy) is 1. The number of carbonyl (C=O) groups is 1. The molecule has 106 valence electrons. The van der Waals surface area contributed by atoms with E-state index in [9.17, 15) is 9.90 Å². The van der Waals surface area contributed by atoms with Crippen molar-refractivity contribution >= 4 is 17.7 Å². The summed E-state index contributed by atoms with van der Waals surface area (Å²) in [5.74, 6) is -0.493. The van der Waals surface area contributed by atoms with Gasteiger partial charge >= 0.3 is 5.97 Å². The standard InChI is InChI=1S/C11H18N4O3S/c1-11(17,9(16)18-2)7-19-10-12-13-14-15(10)8-5-3-4-6-8/h8,17H,3-7H2,1-2H3. The number of methoxy groups -OCH3 is 1. The molecule has 1 aliphatic rings. The van der Waals surface area contributed by atoms with Crippen LogP contribution < -0.4 is 0 Å². The molecule has 1 fully saturated rings. The van der Waals surface area contributed by atoms with E-state index in [2.05, 4.69) is 20.3 Å². The van der Waals surface area contributed by atoms with Gasteiger partial charge < -0.3 is 9.84 Å². The van der Waals surface area contributed by atoms with E-state index in [4.69, 9.17) is 0 Å². The fourth-order valence-corrected chi connectivity index (χ4v) is 3.08. The first-order valence-electron chi connectivity index (χ1n) is 6.26. The molecule has 1 saturated carbocycles. The molecule has 1 aromatic rings. The molecule has 0 saturated heterocycles. The van der Waals surface area contributed by atoms with E-state index >= 15 is 0 Å². The first-order valence-corrected chi connectivity index (χ1v) is 7.24. The molecule has 8 heteroatoms. The van der Waals surface area contributed by atoms with Gasteiger partial charge in [-0.2, -0.15) is 0 Å². The molecule has 0 radical (unpaired) electrons. The topological polar surface area (TPSA) is 90.1 Å². The number of aliphatic hydroxyl groups is 1. The normalized spacial score (nSPS) is 19.3. The van der Waals surface area contributed by atoms with E-state index < -0.39 is 11.6 Å². The molecule has 1 heterocycles. The Hall–Kier alpha value is -1.15. The molecule has 0 aromatic carbocycles. The molecule has 1 N–H and O–H groups in total. The molecule has 1 aliphatic carbocycles. The van der Waals surface area contributed by atoms with Gasteiger partial charge in [-0.05, 0) is 30.2 Å². The Morgan fingerprint density at radius 3 is 2.89 bits per heavy atom. The number of esters is 1. The molecule has 2 rings (SSSR count). The summed E-state index contributed by atoms with van der Waals surface area (Å²) in [6.45, 7) is 1.43. The van der Waals surface area contributed by atoms with E-state index in [-0.39, 0.29) is 5.75 Å². The van der Waals surface area contributed by atoms with Gasteiger partial charge in [0, 0.05) is 5.75 Å². The van der Waals surface area contributed by atoms with Crippen molar-refractivity contribution in [1.29, 1.82) is 0 Å². The number of aromatic nitrogens is 4. The molecular weight excluding hydrogens is 268 g/mol. The average Bonchev–Trinajstić information content (AvgIpc) is 3.05. The number of carbonyl (C=O) groups excluding carboxylic acids is 1. The van der Waals surface area contributed by atoms with E-state index in [0.717, 1.165) is 12.8 Å². The molecule has 0 aliphatic heterocycles. The third kappa shape index (κ3) is 3.24. The Morgan fingerprint density at radius 1 is 1.58 bits per heavy atom. The zero-order chi connectivity index (χ0) is 13.9. The maximum absolute atomic E-state index is 11.4. The van der Waals surface area contributed by atoms with Gasteiger partial charge in [0.1, 0.15) is 0 Å². The van der Waals surface area contributed by atoms with Gasteiger partial charge in [-0.3, -0.25) is 0 Å². The van der Waals surface area contributed by atoms with E-state index in [0.29, 0.717) is 11.2 Å². The van der Waals surface area contributed by atoms with Gasteiger partial charge in [-0.25, -0.2) is 9.48 Å².